The number of fused-ring (bicyclic) bond motifs is 1. The van der Waals surface area contributed by atoms with Crippen molar-refractivity contribution in [2.75, 3.05) is 13.6 Å². The number of alkyl halides is 2. The SMILES string of the molecule is CN=C(NCc1cccc(OC(F)F)c1)NCC(O)c1cc2ccccc2s1.I. The number of nitrogens with zero attached hydrogens (tertiary/aromatic N) is 1. The van der Waals surface area contributed by atoms with Gasteiger partial charge in [0.2, 0.25) is 0 Å². The van der Waals surface area contributed by atoms with E-state index in [-0.39, 0.29) is 29.7 Å². The van der Waals surface area contributed by atoms with Gasteiger partial charge < -0.3 is 20.5 Å². The Kier molecular flexibility index (Phi) is 9.05. The molecule has 3 N–H and O–H groups in total. The zero-order valence-corrected chi connectivity index (χ0v) is 18.8. The highest BCUT2D eigenvalue weighted by molar-refractivity contribution is 14.0. The molecule has 2 aromatic carbocycles. The highest BCUT2D eigenvalue weighted by Crippen LogP contribution is 2.29. The fraction of sp³-hybridized carbons (Fsp3) is 0.250. The van der Waals surface area contributed by atoms with E-state index in [1.165, 1.54) is 6.07 Å². The average Bonchev–Trinajstić information content (AvgIpc) is 3.12. The summed E-state index contributed by atoms with van der Waals surface area (Å²) in [6, 6.07) is 16.4. The molecule has 156 valence electrons. The summed E-state index contributed by atoms with van der Waals surface area (Å²) >= 11 is 1.56. The minimum atomic E-state index is -2.85. The zero-order chi connectivity index (χ0) is 19.9. The number of guanidine groups is 1. The topological polar surface area (TPSA) is 65.9 Å². The summed E-state index contributed by atoms with van der Waals surface area (Å²) < 4.78 is 30.2. The molecule has 3 rings (SSSR count). The number of hydrogen-bond acceptors (Lipinski definition) is 4. The molecule has 0 aliphatic heterocycles. The quantitative estimate of drug-likeness (QED) is 0.238. The Hall–Kier alpha value is -1.98. The molecule has 0 saturated heterocycles. The van der Waals surface area contributed by atoms with Gasteiger partial charge in [-0.25, -0.2) is 0 Å². The summed E-state index contributed by atoms with van der Waals surface area (Å²) in [5.74, 6) is 0.609. The Morgan fingerprint density at radius 1 is 1.14 bits per heavy atom. The van der Waals surface area contributed by atoms with E-state index in [0.29, 0.717) is 19.0 Å². The molecule has 0 radical (unpaired) electrons. The van der Waals surface area contributed by atoms with Crippen molar-refractivity contribution in [1.82, 2.24) is 10.6 Å². The number of nitrogens with one attached hydrogen (secondary N) is 2. The highest BCUT2D eigenvalue weighted by atomic mass is 127. The number of halogens is 3. The Balaban J connectivity index is 0.00000300. The lowest BCUT2D eigenvalue weighted by Crippen LogP contribution is -2.38. The van der Waals surface area contributed by atoms with Gasteiger partial charge in [-0.1, -0.05) is 30.3 Å². The van der Waals surface area contributed by atoms with Crippen molar-refractivity contribution in [2.24, 2.45) is 4.99 Å². The molecule has 1 unspecified atom stereocenters. The van der Waals surface area contributed by atoms with Crippen molar-refractivity contribution in [1.29, 1.82) is 0 Å². The summed E-state index contributed by atoms with van der Waals surface area (Å²) in [6.07, 6.45) is -0.668. The van der Waals surface area contributed by atoms with Gasteiger partial charge in [-0.05, 0) is 35.2 Å². The predicted molar refractivity (Wildman–Crippen MR) is 123 cm³/mol. The third-order valence-corrected chi connectivity index (χ3v) is 5.26. The predicted octanol–water partition coefficient (Wildman–Crippen LogP) is 4.52. The minimum absolute atomic E-state index is 0. The Labute approximate surface area is 188 Å². The van der Waals surface area contributed by atoms with Crippen LogP contribution in [0.2, 0.25) is 0 Å². The molecule has 0 spiro atoms. The summed E-state index contributed by atoms with van der Waals surface area (Å²) in [6.45, 7) is -2.19. The second-order valence-corrected chi connectivity index (χ2v) is 7.15. The number of ether oxygens (including phenoxy) is 1. The van der Waals surface area contributed by atoms with Crippen LogP contribution >= 0.6 is 35.3 Å². The number of rotatable bonds is 7. The molecule has 0 aliphatic rings. The van der Waals surface area contributed by atoms with E-state index in [1.54, 1.807) is 36.6 Å². The van der Waals surface area contributed by atoms with E-state index in [1.807, 2.05) is 30.3 Å². The molecular formula is C20H22F2IN3O2S. The average molecular weight is 533 g/mol. The molecule has 0 fully saturated rings. The van der Waals surface area contributed by atoms with Crippen molar-refractivity contribution in [3.05, 3.63) is 65.0 Å². The molecule has 0 aliphatic carbocycles. The molecule has 3 aromatic rings. The minimum Gasteiger partial charge on any atom is -0.435 e. The van der Waals surface area contributed by atoms with Crippen LogP contribution < -0.4 is 15.4 Å². The number of benzene rings is 2. The van der Waals surface area contributed by atoms with E-state index in [9.17, 15) is 13.9 Å². The Morgan fingerprint density at radius 3 is 2.66 bits per heavy atom. The largest absolute Gasteiger partial charge is 0.435 e. The van der Waals surface area contributed by atoms with Gasteiger partial charge in [0, 0.05) is 29.7 Å². The monoisotopic (exact) mass is 533 g/mol. The highest BCUT2D eigenvalue weighted by Gasteiger charge is 2.12. The lowest BCUT2D eigenvalue weighted by atomic mass is 10.2. The number of aliphatic imine (C=N–C) groups is 1. The fourth-order valence-corrected chi connectivity index (χ4v) is 3.75. The molecule has 0 amide bonds. The number of aliphatic hydroxyl groups is 1. The number of aliphatic hydroxyl groups excluding tert-OH is 1. The Morgan fingerprint density at radius 2 is 1.93 bits per heavy atom. The second-order valence-electron chi connectivity index (χ2n) is 6.03. The van der Waals surface area contributed by atoms with Crippen LogP contribution in [0.1, 0.15) is 16.5 Å². The van der Waals surface area contributed by atoms with Crippen LogP contribution in [0.3, 0.4) is 0 Å². The lowest BCUT2D eigenvalue weighted by molar-refractivity contribution is -0.0498. The van der Waals surface area contributed by atoms with Crippen LogP contribution in [-0.4, -0.2) is 31.3 Å². The standard InChI is InChI=1S/C20H21F2N3O2S.HI/c1-23-20(24-11-13-5-4-7-15(9-13)27-19(21)22)25-12-16(26)18-10-14-6-2-3-8-17(14)28-18;/h2-10,16,19,26H,11-12H2,1H3,(H2,23,24,25);1H. The molecule has 1 atom stereocenters. The van der Waals surface area contributed by atoms with Gasteiger partial charge in [0.15, 0.2) is 5.96 Å². The first-order chi connectivity index (χ1) is 13.5. The second kappa shape index (κ2) is 11.3. The van der Waals surface area contributed by atoms with Gasteiger partial charge >= 0.3 is 6.61 Å². The lowest BCUT2D eigenvalue weighted by Gasteiger charge is -2.15. The summed E-state index contributed by atoms with van der Waals surface area (Å²) in [4.78, 5) is 4.99. The molecule has 0 bridgehead atoms. The van der Waals surface area contributed by atoms with E-state index >= 15 is 0 Å². The van der Waals surface area contributed by atoms with Gasteiger partial charge in [0.05, 0.1) is 0 Å². The molecule has 1 heterocycles. The van der Waals surface area contributed by atoms with Gasteiger partial charge in [-0.3, -0.25) is 4.99 Å². The van der Waals surface area contributed by atoms with Crippen molar-refractivity contribution in [3.63, 3.8) is 0 Å². The van der Waals surface area contributed by atoms with E-state index < -0.39 is 12.7 Å². The van der Waals surface area contributed by atoms with Crippen LogP contribution in [0, 0.1) is 0 Å². The van der Waals surface area contributed by atoms with Crippen molar-refractivity contribution in [2.45, 2.75) is 19.3 Å². The molecule has 5 nitrogen and oxygen atoms in total. The summed E-state index contributed by atoms with van der Waals surface area (Å²) in [7, 11) is 1.62. The van der Waals surface area contributed by atoms with Crippen LogP contribution in [-0.2, 0) is 6.54 Å². The normalized spacial score (nSPS) is 12.5. The molecule has 0 saturated carbocycles. The fourth-order valence-electron chi connectivity index (χ4n) is 2.70. The van der Waals surface area contributed by atoms with Crippen molar-refractivity contribution in [3.8, 4) is 5.75 Å². The first-order valence-corrected chi connectivity index (χ1v) is 9.51. The van der Waals surface area contributed by atoms with Gasteiger partial charge in [-0.15, -0.1) is 35.3 Å². The molecule has 29 heavy (non-hydrogen) atoms. The number of thiophene rings is 1. The first kappa shape index (κ1) is 23.3. The summed E-state index contributed by atoms with van der Waals surface area (Å²) in [5.41, 5.74) is 0.770. The van der Waals surface area contributed by atoms with Gasteiger partial charge in [0.25, 0.3) is 0 Å². The molecular weight excluding hydrogens is 511 g/mol. The van der Waals surface area contributed by atoms with Crippen LogP contribution in [0.25, 0.3) is 10.1 Å². The maximum Gasteiger partial charge on any atom is 0.387 e. The van der Waals surface area contributed by atoms with Crippen LogP contribution in [0.5, 0.6) is 5.75 Å². The van der Waals surface area contributed by atoms with E-state index in [2.05, 4.69) is 20.4 Å². The van der Waals surface area contributed by atoms with E-state index in [0.717, 1.165) is 20.5 Å². The van der Waals surface area contributed by atoms with Crippen LogP contribution in [0.15, 0.2) is 59.6 Å². The van der Waals surface area contributed by atoms with Crippen LogP contribution in [0.4, 0.5) is 8.78 Å². The maximum atomic E-state index is 12.3. The third-order valence-electron chi connectivity index (χ3n) is 4.04. The first-order valence-electron chi connectivity index (χ1n) is 8.70. The molecule has 1 aromatic heterocycles. The maximum absolute atomic E-state index is 12.3. The van der Waals surface area contributed by atoms with Gasteiger partial charge in [-0.2, -0.15) is 8.78 Å². The molecule has 9 heteroatoms. The number of hydrogen-bond donors (Lipinski definition) is 3. The zero-order valence-electron chi connectivity index (χ0n) is 15.6. The third kappa shape index (κ3) is 6.79. The van der Waals surface area contributed by atoms with Crippen molar-refractivity contribution < 1.29 is 18.6 Å². The smallest absolute Gasteiger partial charge is 0.387 e. The summed E-state index contributed by atoms with van der Waals surface area (Å²) in [5, 5.41) is 17.7. The van der Waals surface area contributed by atoms with Crippen molar-refractivity contribution >= 4 is 51.4 Å². The van der Waals surface area contributed by atoms with E-state index in [4.69, 9.17) is 0 Å². The van der Waals surface area contributed by atoms with Gasteiger partial charge in [0.1, 0.15) is 11.9 Å². The Bertz CT molecular complexity index is 919.